The molecular formula is C33H37ClF3N11O3S2. The first kappa shape index (κ1) is 38.4. The Bertz CT molecular complexity index is 2130. The number of thiazole rings is 1. The van der Waals surface area contributed by atoms with Gasteiger partial charge in [0.1, 0.15) is 23.3 Å². The third kappa shape index (κ3) is 8.40. The molecule has 14 nitrogen and oxygen atoms in total. The largest absolute Gasteiger partial charge is 0.398 e. The van der Waals surface area contributed by atoms with Crippen LogP contribution in [0.3, 0.4) is 0 Å². The van der Waals surface area contributed by atoms with E-state index in [1.165, 1.54) is 40.7 Å². The van der Waals surface area contributed by atoms with E-state index in [1.54, 1.807) is 54.7 Å². The van der Waals surface area contributed by atoms with Crippen molar-refractivity contribution in [3.63, 3.8) is 0 Å². The van der Waals surface area contributed by atoms with E-state index in [0.29, 0.717) is 38.2 Å². The zero-order valence-corrected chi connectivity index (χ0v) is 30.8. The number of hydrogen-bond acceptors (Lipinski definition) is 12. The quantitative estimate of drug-likeness (QED) is 0.0902. The van der Waals surface area contributed by atoms with Crippen molar-refractivity contribution in [2.24, 2.45) is 16.6 Å². The lowest BCUT2D eigenvalue weighted by atomic mass is 9.90. The zero-order chi connectivity index (χ0) is 38.1. The summed E-state index contributed by atoms with van der Waals surface area (Å²) in [5, 5.41) is 19.1. The van der Waals surface area contributed by atoms with Crippen LogP contribution in [0.5, 0.6) is 0 Å². The summed E-state index contributed by atoms with van der Waals surface area (Å²) in [6, 6.07) is 7.89. The number of fused-ring (bicyclic) bond motifs is 1. The summed E-state index contributed by atoms with van der Waals surface area (Å²) in [7, 11) is -4.22. The first-order chi connectivity index (χ1) is 25.2. The number of aliphatic imine (C=N–C) groups is 1. The van der Waals surface area contributed by atoms with Gasteiger partial charge in [0, 0.05) is 77.1 Å². The van der Waals surface area contributed by atoms with Gasteiger partial charge in [0.05, 0.1) is 11.4 Å². The molecule has 0 saturated carbocycles. The summed E-state index contributed by atoms with van der Waals surface area (Å²) in [4.78, 5) is 15.3. The average molecular weight is 792 g/mol. The molecule has 6 rings (SSSR count). The number of rotatable bonds is 14. The minimum absolute atomic E-state index is 0.0124. The fraction of sp³-hybridized carbons (Fsp3) is 0.333. The molecule has 20 heteroatoms. The van der Waals surface area contributed by atoms with Crippen LogP contribution in [-0.2, 0) is 10.2 Å². The Morgan fingerprint density at radius 2 is 2.04 bits per heavy atom. The summed E-state index contributed by atoms with van der Waals surface area (Å²) < 4.78 is 74.5. The Morgan fingerprint density at radius 1 is 1.25 bits per heavy atom. The summed E-state index contributed by atoms with van der Waals surface area (Å²) in [5.74, 6) is 6.29. The van der Waals surface area contributed by atoms with Gasteiger partial charge < -0.3 is 15.7 Å². The number of nitrogens with zero attached hydrogens (tertiary/aromatic N) is 7. The zero-order valence-electron chi connectivity index (χ0n) is 28.4. The fourth-order valence-corrected chi connectivity index (χ4v) is 8.60. The molecule has 1 aromatic carbocycles. The van der Waals surface area contributed by atoms with Crippen LogP contribution < -0.4 is 26.0 Å². The van der Waals surface area contributed by atoms with Crippen molar-refractivity contribution < 1.29 is 26.7 Å². The lowest BCUT2D eigenvalue weighted by Gasteiger charge is -2.32. The van der Waals surface area contributed by atoms with Crippen LogP contribution in [-0.4, -0.2) is 68.2 Å². The third-order valence-electron chi connectivity index (χ3n) is 8.86. The smallest absolute Gasteiger partial charge is 0.333 e. The molecule has 4 aromatic rings. The van der Waals surface area contributed by atoms with Gasteiger partial charge in [0.15, 0.2) is 10.8 Å². The number of benzene rings is 1. The maximum Gasteiger partial charge on any atom is 0.333 e. The van der Waals surface area contributed by atoms with Gasteiger partial charge in [-0.15, -0.1) is 11.3 Å². The molecule has 53 heavy (non-hydrogen) atoms. The van der Waals surface area contributed by atoms with E-state index in [9.17, 15) is 26.7 Å². The molecule has 282 valence electrons. The molecule has 0 spiro atoms. The molecule has 1 fully saturated rings. The number of nitrogens with two attached hydrogens (primary N) is 2. The monoisotopic (exact) mass is 791 g/mol. The Labute approximate surface area is 312 Å². The number of halogens is 4. The molecule has 2 aliphatic heterocycles. The first-order valence-corrected chi connectivity index (χ1v) is 19.1. The molecule has 0 amide bonds. The highest BCUT2D eigenvalue weighted by Gasteiger charge is 2.42. The number of alkyl halides is 2. The van der Waals surface area contributed by atoms with Gasteiger partial charge in [-0.05, 0) is 50.1 Å². The number of aromatic nitrogens is 4. The molecule has 4 atom stereocenters. The van der Waals surface area contributed by atoms with Gasteiger partial charge in [-0.25, -0.2) is 24.9 Å². The van der Waals surface area contributed by atoms with Gasteiger partial charge in [0.25, 0.3) is 10.2 Å². The van der Waals surface area contributed by atoms with Crippen molar-refractivity contribution in [2.75, 3.05) is 11.6 Å². The molecule has 7 N–H and O–H groups in total. The maximum atomic E-state index is 14.2. The Morgan fingerprint density at radius 3 is 2.68 bits per heavy atom. The van der Waals surface area contributed by atoms with Crippen molar-refractivity contribution in [1.29, 1.82) is 0 Å². The fourth-order valence-electron chi connectivity index (χ4n) is 6.41. The standard InChI is InChI=1S/C33H37ClF3N11O3S2/c1-3-33(49,26(38)18-47(39)27-6-4-5-10-40-27)16-19(2)44-53(50,51)45-21-15-25-28(24-9-12-48(43-24)32(36)37)29(22-8-7-20(35)14-23(22)34)42-30(46(25)17-21)31-41-11-13-52-31/h4-14,18-19,21,29,32,44-45,49H,3,15-17,38-39H2,1-2H3/b26-18-/t19?,21-,29-,33?/m0/s1. The first-order valence-electron chi connectivity index (χ1n) is 16.4. The lowest BCUT2D eigenvalue weighted by molar-refractivity contribution is 0.0558. The number of nitrogens with one attached hydrogen (secondary N) is 2. The van der Waals surface area contributed by atoms with Crippen molar-refractivity contribution in [2.45, 2.75) is 63.4 Å². The van der Waals surface area contributed by atoms with Gasteiger partial charge in [-0.1, -0.05) is 30.7 Å². The van der Waals surface area contributed by atoms with E-state index < -0.39 is 46.3 Å². The molecule has 0 bridgehead atoms. The van der Waals surface area contributed by atoms with Crippen LogP contribution in [0, 0.1) is 5.82 Å². The van der Waals surface area contributed by atoms with E-state index in [-0.39, 0.29) is 42.2 Å². The van der Waals surface area contributed by atoms with Gasteiger partial charge in [-0.2, -0.15) is 31.7 Å². The molecule has 2 unspecified atom stereocenters. The third-order valence-corrected chi connectivity index (χ3v) is 11.3. The van der Waals surface area contributed by atoms with E-state index in [2.05, 4.69) is 24.5 Å². The summed E-state index contributed by atoms with van der Waals surface area (Å²) >= 11 is 7.84. The van der Waals surface area contributed by atoms with Crippen molar-refractivity contribution in [3.8, 4) is 0 Å². The molecule has 3 aromatic heterocycles. The number of hydrazine groups is 1. The summed E-state index contributed by atoms with van der Waals surface area (Å²) in [6.45, 7) is 0.480. The van der Waals surface area contributed by atoms with Crippen molar-refractivity contribution in [1.82, 2.24) is 34.1 Å². The maximum absolute atomic E-state index is 14.2. The number of pyridine rings is 1. The number of anilines is 1. The Balaban J connectivity index is 1.28. The highest BCUT2D eigenvalue weighted by molar-refractivity contribution is 7.87. The Hall–Kier alpha value is -4.37. The van der Waals surface area contributed by atoms with Crippen LogP contribution in [0.1, 0.15) is 62.0 Å². The van der Waals surface area contributed by atoms with E-state index in [4.69, 9.17) is 28.2 Å². The lowest BCUT2D eigenvalue weighted by Crippen LogP contribution is -2.50. The molecular weight excluding hydrogens is 755 g/mol. The summed E-state index contributed by atoms with van der Waals surface area (Å²) in [6.07, 6.45) is 5.77. The van der Waals surface area contributed by atoms with Gasteiger partial charge >= 0.3 is 6.55 Å². The van der Waals surface area contributed by atoms with E-state index in [1.807, 2.05) is 0 Å². The van der Waals surface area contributed by atoms with Gasteiger partial charge in [-0.3, -0.25) is 10.0 Å². The van der Waals surface area contributed by atoms with Crippen molar-refractivity contribution >= 4 is 50.4 Å². The van der Waals surface area contributed by atoms with Crippen LogP contribution in [0.4, 0.5) is 19.0 Å². The van der Waals surface area contributed by atoms with Crippen LogP contribution in [0.2, 0.25) is 5.02 Å². The second-order valence-corrected chi connectivity index (χ2v) is 15.4. The summed E-state index contributed by atoms with van der Waals surface area (Å²) in [5.41, 5.74) is 6.17. The predicted molar refractivity (Wildman–Crippen MR) is 196 cm³/mol. The minimum atomic E-state index is -4.22. The number of amidine groups is 1. The normalized spacial score (nSPS) is 19.7. The number of aliphatic hydroxyl groups is 1. The predicted octanol–water partition coefficient (Wildman–Crippen LogP) is 4.43. The topological polar surface area (TPSA) is 193 Å². The second-order valence-electron chi connectivity index (χ2n) is 12.6. The minimum Gasteiger partial charge on any atom is -0.398 e. The van der Waals surface area contributed by atoms with E-state index >= 15 is 0 Å². The molecule has 1 saturated heterocycles. The molecule has 5 heterocycles. The van der Waals surface area contributed by atoms with E-state index in [0.717, 1.165) is 12.3 Å². The van der Waals surface area contributed by atoms with Gasteiger partial charge in [0.2, 0.25) is 0 Å². The van der Waals surface area contributed by atoms with Crippen LogP contribution >= 0.6 is 22.9 Å². The molecule has 0 aliphatic carbocycles. The average Bonchev–Trinajstić information content (AvgIpc) is 3.89. The highest BCUT2D eigenvalue weighted by atomic mass is 35.5. The molecule has 0 radical (unpaired) electrons. The van der Waals surface area contributed by atoms with Crippen LogP contribution in [0.15, 0.2) is 89.0 Å². The second kappa shape index (κ2) is 15.5. The highest BCUT2D eigenvalue weighted by Crippen LogP contribution is 2.46. The Kier molecular flexibility index (Phi) is 11.2. The SMILES string of the molecule is CCC(O)(CC(C)NS(=O)(=O)N[C@H]1CC2=C(c3ccn(C(F)F)n3)[C@H](c3ccc(F)cc3Cl)N=C(c3nccs3)N2C1)/C(N)=C/N(N)c1ccccn1. The van der Waals surface area contributed by atoms with Crippen molar-refractivity contribution in [3.05, 3.63) is 111 Å². The van der Waals surface area contributed by atoms with Crippen LogP contribution in [0.25, 0.3) is 5.57 Å². The molecule has 2 aliphatic rings. The number of hydrogen-bond donors (Lipinski definition) is 5.